The van der Waals surface area contributed by atoms with E-state index in [1.54, 1.807) is 55.6 Å². The molecule has 0 saturated heterocycles. The number of hydrogen-bond acceptors (Lipinski definition) is 4. The number of carbonyl (C=O) groups excluding carboxylic acids is 1. The lowest BCUT2D eigenvalue weighted by molar-refractivity contribution is 0.0678. The molecular formula is C29H28NO4P. The van der Waals surface area contributed by atoms with Gasteiger partial charge in [0, 0.05) is 16.2 Å². The van der Waals surface area contributed by atoms with E-state index in [9.17, 15) is 14.5 Å². The van der Waals surface area contributed by atoms with Gasteiger partial charge in [0.2, 0.25) is 7.29 Å². The minimum absolute atomic E-state index is 0.341. The van der Waals surface area contributed by atoms with Crippen molar-refractivity contribution in [1.82, 2.24) is 5.09 Å². The molecule has 0 radical (unpaired) electrons. The highest BCUT2D eigenvalue weighted by Crippen LogP contribution is 2.43. The number of Topliss-reactive ketones (excluding diaryl/α,β-unsaturated/α-hetero) is 1. The molecule has 4 aromatic rings. The summed E-state index contributed by atoms with van der Waals surface area (Å²) < 4.78 is 19.9. The summed E-state index contributed by atoms with van der Waals surface area (Å²) >= 11 is 0. The van der Waals surface area contributed by atoms with Gasteiger partial charge in [0.1, 0.15) is 11.9 Å². The van der Waals surface area contributed by atoms with Crippen LogP contribution in [0.1, 0.15) is 27.5 Å². The summed E-state index contributed by atoms with van der Waals surface area (Å²) in [5.41, 5.74) is 1.92. The van der Waals surface area contributed by atoms with E-state index >= 15 is 0 Å². The molecule has 178 valence electrons. The lowest BCUT2D eigenvalue weighted by atomic mass is 9.93. The van der Waals surface area contributed by atoms with E-state index in [2.05, 4.69) is 5.09 Å². The van der Waals surface area contributed by atoms with E-state index in [-0.39, 0.29) is 0 Å². The molecule has 0 unspecified atom stereocenters. The fourth-order valence-corrected chi connectivity index (χ4v) is 6.55. The summed E-state index contributed by atoms with van der Waals surface area (Å²) in [5, 5.41) is 15.9. The van der Waals surface area contributed by atoms with Crippen molar-refractivity contribution in [3.8, 4) is 5.75 Å². The Kier molecular flexibility index (Phi) is 7.62. The highest BCUT2D eigenvalue weighted by molar-refractivity contribution is 7.76. The summed E-state index contributed by atoms with van der Waals surface area (Å²) in [6, 6.07) is 31.4. The van der Waals surface area contributed by atoms with Crippen LogP contribution in [0.4, 0.5) is 0 Å². The molecule has 5 nitrogen and oxygen atoms in total. The second-order valence-corrected chi connectivity index (χ2v) is 10.8. The van der Waals surface area contributed by atoms with Crippen LogP contribution in [-0.4, -0.2) is 24.1 Å². The van der Waals surface area contributed by atoms with Crippen molar-refractivity contribution >= 4 is 23.7 Å². The van der Waals surface area contributed by atoms with Crippen LogP contribution in [0.25, 0.3) is 0 Å². The minimum atomic E-state index is -3.45. The van der Waals surface area contributed by atoms with Crippen molar-refractivity contribution in [1.29, 1.82) is 0 Å². The Morgan fingerprint density at radius 1 is 0.800 bits per heavy atom. The average Bonchev–Trinajstić information content (AvgIpc) is 2.92. The summed E-state index contributed by atoms with van der Waals surface area (Å²) in [6.07, 6.45) is -1.48. The molecule has 0 fully saturated rings. The Labute approximate surface area is 205 Å². The van der Waals surface area contributed by atoms with Gasteiger partial charge in [-0.1, -0.05) is 60.7 Å². The minimum Gasteiger partial charge on any atom is -0.497 e. The summed E-state index contributed by atoms with van der Waals surface area (Å²) in [7, 11) is -1.90. The number of ketones is 1. The third-order valence-corrected chi connectivity index (χ3v) is 8.74. The summed E-state index contributed by atoms with van der Waals surface area (Å²) in [5.74, 6) is 0.142. The molecular weight excluding hydrogens is 457 g/mol. The zero-order valence-corrected chi connectivity index (χ0v) is 20.6. The van der Waals surface area contributed by atoms with Crippen molar-refractivity contribution < 1.29 is 19.2 Å². The van der Waals surface area contributed by atoms with E-state index in [4.69, 9.17) is 4.74 Å². The van der Waals surface area contributed by atoms with Crippen molar-refractivity contribution in [3.63, 3.8) is 0 Å². The predicted octanol–water partition coefficient (Wildman–Crippen LogP) is 4.81. The molecule has 0 saturated carbocycles. The molecule has 0 amide bonds. The SMILES string of the molecule is COc1ccc(C(=O)[C@H](O)[C@H](NP(=O)(c2ccccc2)c2ccccc2)c2ccccc2C)cc1. The first kappa shape index (κ1) is 24.6. The fourth-order valence-electron chi connectivity index (χ4n) is 4.09. The zero-order valence-electron chi connectivity index (χ0n) is 19.7. The largest absolute Gasteiger partial charge is 0.497 e. The molecule has 0 aliphatic rings. The van der Waals surface area contributed by atoms with Crippen LogP contribution in [0.5, 0.6) is 5.75 Å². The lowest BCUT2D eigenvalue weighted by Gasteiger charge is -2.30. The van der Waals surface area contributed by atoms with Gasteiger partial charge in [-0.05, 0) is 66.6 Å². The molecule has 4 aromatic carbocycles. The van der Waals surface area contributed by atoms with Gasteiger partial charge in [-0.3, -0.25) is 9.36 Å². The van der Waals surface area contributed by atoms with E-state index in [0.717, 1.165) is 5.56 Å². The third kappa shape index (κ3) is 5.28. The number of benzene rings is 4. The van der Waals surface area contributed by atoms with E-state index < -0.39 is 25.2 Å². The van der Waals surface area contributed by atoms with E-state index in [1.165, 1.54) is 0 Å². The monoisotopic (exact) mass is 485 g/mol. The number of methoxy groups -OCH3 is 1. The standard InChI is InChI=1S/C29H28NO4P/c1-21-11-9-10-16-26(21)27(29(32)28(31)22-17-19-23(34-2)20-18-22)30-35(33,24-12-5-3-6-13-24)25-14-7-4-8-15-25/h3-20,27,29,32H,1-2H3,(H,30,33)/t27-,29-/m1/s1. The van der Waals surface area contributed by atoms with Gasteiger partial charge >= 0.3 is 0 Å². The number of hydrogen-bond donors (Lipinski definition) is 2. The number of ether oxygens (including phenoxy) is 1. The number of rotatable bonds is 9. The van der Waals surface area contributed by atoms with Gasteiger partial charge in [0.25, 0.3) is 0 Å². The molecule has 4 rings (SSSR count). The number of aryl methyl sites for hydroxylation is 1. The van der Waals surface area contributed by atoms with Crippen LogP contribution in [0.15, 0.2) is 109 Å². The molecule has 35 heavy (non-hydrogen) atoms. The van der Waals surface area contributed by atoms with Crippen molar-refractivity contribution in [2.45, 2.75) is 19.1 Å². The zero-order chi connectivity index (χ0) is 24.8. The molecule has 2 atom stereocenters. The smallest absolute Gasteiger partial charge is 0.205 e. The maximum absolute atomic E-state index is 14.7. The van der Waals surface area contributed by atoms with Gasteiger partial charge in [0.05, 0.1) is 13.2 Å². The molecule has 0 heterocycles. The second kappa shape index (κ2) is 10.8. The first-order valence-electron chi connectivity index (χ1n) is 11.3. The van der Waals surface area contributed by atoms with Crippen molar-refractivity contribution in [2.75, 3.05) is 7.11 Å². The van der Waals surface area contributed by atoms with E-state index in [1.807, 2.05) is 67.6 Å². The maximum Gasteiger partial charge on any atom is 0.205 e. The summed E-state index contributed by atoms with van der Waals surface area (Å²) in [4.78, 5) is 13.4. The fraction of sp³-hybridized carbons (Fsp3) is 0.138. The number of carbonyl (C=O) groups is 1. The predicted molar refractivity (Wildman–Crippen MR) is 140 cm³/mol. The van der Waals surface area contributed by atoms with Gasteiger partial charge in [0.15, 0.2) is 5.78 Å². The molecule has 0 bridgehead atoms. The van der Waals surface area contributed by atoms with Crippen LogP contribution in [-0.2, 0) is 4.57 Å². The highest BCUT2D eigenvalue weighted by atomic mass is 31.2. The highest BCUT2D eigenvalue weighted by Gasteiger charge is 2.37. The Bertz CT molecular complexity index is 1280. The van der Waals surface area contributed by atoms with Gasteiger partial charge < -0.3 is 9.84 Å². The Hall–Kier alpha value is -3.50. The summed E-state index contributed by atoms with van der Waals surface area (Å²) in [6.45, 7) is 1.91. The molecule has 0 spiro atoms. The quantitative estimate of drug-likeness (QED) is 0.263. The topological polar surface area (TPSA) is 75.6 Å². The third-order valence-electron chi connectivity index (χ3n) is 6.04. The van der Waals surface area contributed by atoms with Crippen LogP contribution in [0.2, 0.25) is 0 Å². The number of nitrogens with one attached hydrogen (secondary N) is 1. The van der Waals surface area contributed by atoms with E-state index in [0.29, 0.717) is 27.5 Å². The van der Waals surface area contributed by atoms with Gasteiger partial charge in [-0.25, -0.2) is 5.09 Å². The Morgan fingerprint density at radius 3 is 1.83 bits per heavy atom. The number of aliphatic hydroxyl groups is 1. The lowest BCUT2D eigenvalue weighted by Crippen LogP contribution is -2.40. The molecule has 6 heteroatoms. The number of aliphatic hydroxyl groups excluding tert-OH is 1. The molecule has 0 aromatic heterocycles. The van der Waals surface area contributed by atoms with Crippen LogP contribution < -0.4 is 20.4 Å². The molecule has 0 aliphatic carbocycles. The van der Waals surface area contributed by atoms with Crippen LogP contribution in [0, 0.1) is 6.92 Å². The average molecular weight is 486 g/mol. The maximum atomic E-state index is 14.7. The van der Waals surface area contributed by atoms with Crippen molar-refractivity contribution in [3.05, 3.63) is 126 Å². The van der Waals surface area contributed by atoms with Crippen LogP contribution >= 0.6 is 7.29 Å². The Morgan fingerprint density at radius 2 is 1.31 bits per heavy atom. The van der Waals surface area contributed by atoms with Gasteiger partial charge in [-0.15, -0.1) is 0 Å². The second-order valence-electron chi connectivity index (χ2n) is 8.28. The van der Waals surface area contributed by atoms with Crippen molar-refractivity contribution in [2.24, 2.45) is 0 Å². The normalized spacial score (nSPS) is 13.1. The molecule has 0 aliphatic heterocycles. The molecule has 2 N–H and O–H groups in total. The van der Waals surface area contributed by atoms with Crippen LogP contribution in [0.3, 0.4) is 0 Å². The first-order valence-corrected chi connectivity index (χ1v) is 13.1. The first-order chi connectivity index (χ1) is 16.9. The Balaban J connectivity index is 1.81. The van der Waals surface area contributed by atoms with Gasteiger partial charge in [-0.2, -0.15) is 0 Å².